The molecular weight excluding hydrogens is 328 g/mol. The Kier molecular flexibility index (Phi) is 4.42. The predicted molar refractivity (Wildman–Crippen MR) is 102 cm³/mol. The average Bonchev–Trinajstić information content (AvgIpc) is 3.08. The number of hydrogen-bond donors (Lipinski definition) is 2. The van der Waals surface area contributed by atoms with E-state index in [1.807, 2.05) is 34.9 Å². The molecule has 3 heterocycles. The smallest absolute Gasteiger partial charge is 0.290 e. The van der Waals surface area contributed by atoms with Crippen LogP contribution in [0.3, 0.4) is 0 Å². The van der Waals surface area contributed by atoms with E-state index in [1.54, 1.807) is 6.92 Å². The normalized spacial score (nSPS) is 14.3. The van der Waals surface area contributed by atoms with Gasteiger partial charge in [-0.2, -0.15) is 5.10 Å². The van der Waals surface area contributed by atoms with Gasteiger partial charge in [-0.25, -0.2) is 10.1 Å². The highest BCUT2D eigenvalue weighted by Gasteiger charge is 2.23. The third-order valence-corrected chi connectivity index (χ3v) is 4.52. The summed E-state index contributed by atoms with van der Waals surface area (Å²) in [7, 11) is 0. The lowest BCUT2D eigenvalue weighted by Gasteiger charge is -2.28. The lowest BCUT2D eigenvalue weighted by Crippen LogP contribution is -2.44. The number of nitrogens with one attached hydrogen (secondary N) is 2. The van der Waals surface area contributed by atoms with Crippen LogP contribution in [0.5, 0.6) is 0 Å². The molecule has 7 nitrogen and oxygen atoms in total. The summed E-state index contributed by atoms with van der Waals surface area (Å²) in [5.41, 5.74) is 2.50. The van der Waals surface area contributed by atoms with Gasteiger partial charge in [-0.1, -0.05) is 36.3 Å². The number of rotatable bonds is 3. The first-order chi connectivity index (χ1) is 12.8. The van der Waals surface area contributed by atoms with Crippen molar-refractivity contribution < 1.29 is 0 Å². The van der Waals surface area contributed by atoms with Crippen LogP contribution in [0.4, 0.5) is 5.95 Å². The van der Waals surface area contributed by atoms with Crippen LogP contribution in [0.2, 0.25) is 0 Å². The Balaban J connectivity index is 1.97. The second-order valence-corrected chi connectivity index (χ2v) is 6.13. The third kappa shape index (κ3) is 2.85. The zero-order valence-corrected chi connectivity index (χ0v) is 14.6. The number of aromatic amines is 1. The van der Waals surface area contributed by atoms with Gasteiger partial charge in [0.2, 0.25) is 5.95 Å². The average molecular weight is 348 g/mol. The number of anilines is 1. The molecule has 0 amide bonds. The highest BCUT2D eigenvalue weighted by molar-refractivity contribution is 5.90. The zero-order valence-electron chi connectivity index (χ0n) is 14.6. The van der Waals surface area contributed by atoms with Gasteiger partial charge in [-0.05, 0) is 6.92 Å². The highest BCUT2D eigenvalue weighted by atomic mass is 16.1. The largest absolute Gasteiger partial charge is 0.340 e. The van der Waals surface area contributed by atoms with Crippen molar-refractivity contribution >= 4 is 17.0 Å². The Morgan fingerprint density at radius 3 is 2.69 bits per heavy atom. The minimum absolute atomic E-state index is 0.244. The third-order valence-electron chi connectivity index (χ3n) is 4.52. The maximum Gasteiger partial charge on any atom is 0.290 e. The molecule has 2 N–H and O–H groups in total. The van der Waals surface area contributed by atoms with Crippen LogP contribution in [-0.4, -0.2) is 45.9 Å². The van der Waals surface area contributed by atoms with Crippen LogP contribution in [0.1, 0.15) is 6.92 Å². The molecule has 2 aromatic heterocycles. The number of H-pyrrole nitrogens is 1. The highest BCUT2D eigenvalue weighted by Crippen LogP contribution is 2.27. The van der Waals surface area contributed by atoms with Crippen LogP contribution < -0.4 is 15.8 Å². The van der Waals surface area contributed by atoms with Gasteiger partial charge in [0, 0.05) is 31.7 Å². The fourth-order valence-electron chi connectivity index (χ4n) is 3.26. The van der Waals surface area contributed by atoms with E-state index in [-0.39, 0.29) is 5.56 Å². The maximum absolute atomic E-state index is 12.6. The number of piperazine rings is 1. The molecule has 132 valence electrons. The number of hydrogen-bond acceptors (Lipinski definition) is 5. The van der Waals surface area contributed by atoms with Crippen LogP contribution in [0, 0.1) is 11.8 Å². The molecule has 1 aromatic carbocycles. The molecule has 0 bridgehead atoms. The summed E-state index contributed by atoms with van der Waals surface area (Å²) < 4.78 is 1.91. The van der Waals surface area contributed by atoms with Gasteiger partial charge in [0.15, 0.2) is 0 Å². The second kappa shape index (κ2) is 7.02. The topological polar surface area (TPSA) is 78.8 Å². The van der Waals surface area contributed by atoms with Crippen molar-refractivity contribution in [2.75, 3.05) is 31.1 Å². The molecule has 4 rings (SSSR count). The van der Waals surface area contributed by atoms with E-state index in [0.29, 0.717) is 23.3 Å². The van der Waals surface area contributed by atoms with E-state index in [4.69, 9.17) is 4.98 Å². The molecule has 0 saturated carbocycles. The van der Waals surface area contributed by atoms with E-state index in [2.05, 4.69) is 32.3 Å². The minimum atomic E-state index is -0.244. The van der Waals surface area contributed by atoms with Crippen LogP contribution >= 0.6 is 0 Å². The van der Waals surface area contributed by atoms with Crippen molar-refractivity contribution in [1.29, 1.82) is 0 Å². The molecule has 0 unspecified atom stereocenters. The number of aromatic nitrogens is 4. The van der Waals surface area contributed by atoms with Crippen molar-refractivity contribution in [3.63, 3.8) is 0 Å². The van der Waals surface area contributed by atoms with Crippen molar-refractivity contribution in [3.8, 4) is 23.1 Å². The van der Waals surface area contributed by atoms with Crippen molar-refractivity contribution in [3.05, 3.63) is 40.7 Å². The fraction of sp³-hybridized carbons (Fsp3) is 0.316. The van der Waals surface area contributed by atoms with Crippen LogP contribution in [0.15, 0.2) is 35.1 Å². The lowest BCUT2D eigenvalue weighted by atomic mass is 10.1. The summed E-state index contributed by atoms with van der Waals surface area (Å²) in [6.07, 6.45) is 0. The molecule has 1 aliphatic heterocycles. The van der Waals surface area contributed by atoms with E-state index < -0.39 is 0 Å². The molecule has 0 radical (unpaired) electrons. The molecule has 0 aliphatic carbocycles. The van der Waals surface area contributed by atoms with Crippen molar-refractivity contribution in [2.24, 2.45) is 0 Å². The Morgan fingerprint density at radius 1 is 1.19 bits per heavy atom. The summed E-state index contributed by atoms with van der Waals surface area (Å²) >= 11 is 0. The molecule has 7 heteroatoms. The Bertz CT molecular complexity index is 1030. The zero-order chi connectivity index (χ0) is 17.9. The first-order valence-corrected chi connectivity index (χ1v) is 8.69. The van der Waals surface area contributed by atoms with E-state index in [0.717, 1.165) is 37.7 Å². The summed E-state index contributed by atoms with van der Waals surface area (Å²) in [5, 5.41) is 10.2. The summed E-state index contributed by atoms with van der Waals surface area (Å²) in [4.78, 5) is 19.6. The van der Waals surface area contributed by atoms with Crippen molar-refractivity contribution in [1.82, 2.24) is 25.1 Å². The van der Waals surface area contributed by atoms with Gasteiger partial charge >= 0.3 is 0 Å². The standard InChI is InChI=1S/C19H20N6O/c1-2-3-11-25-17-16(21-19(25)24-12-9-20-10-13-24)15(22-23-18(17)26)14-7-5-4-6-8-14/h4-8,20H,9-13H2,1H3,(H,23,26). The van der Waals surface area contributed by atoms with Gasteiger partial charge in [0.05, 0.1) is 6.54 Å². The van der Waals surface area contributed by atoms with Gasteiger partial charge < -0.3 is 10.2 Å². The van der Waals surface area contributed by atoms with Crippen LogP contribution in [-0.2, 0) is 6.54 Å². The van der Waals surface area contributed by atoms with Gasteiger partial charge in [-0.3, -0.25) is 9.36 Å². The number of imidazole rings is 1. The van der Waals surface area contributed by atoms with Gasteiger partial charge in [-0.15, -0.1) is 5.92 Å². The minimum Gasteiger partial charge on any atom is -0.340 e. The molecule has 26 heavy (non-hydrogen) atoms. The van der Waals surface area contributed by atoms with E-state index in [9.17, 15) is 4.79 Å². The van der Waals surface area contributed by atoms with E-state index in [1.165, 1.54) is 0 Å². The summed E-state index contributed by atoms with van der Waals surface area (Å²) in [6.45, 7) is 5.69. The number of fused-ring (bicyclic) bond motifs is 1. The monoisotopic (exact) mass is 348 g/mol. The molecule has 1 aliphatic rings. The summed E-state index contributed by atoms with van der Waals surface area (Å²) in [5.74, 6) is 6.75. The first-order valence-electron chi connectivity index (χ1n) is 8.69. The predicted octanol–water partition coefficient (Wildman–Crippen LogP) is 1.22. The fourth-order valence-corrected chi connectivity index (χ4v) is 3.26. The van der Waals surface area contributed by atoms with Crippen LogP contribution in [0.25, 0.3) is 22.3 Å². The Hall–Kier alpha value is -3.11. The van der Waals surface area contributed by atoms with Gasteiger partial charge in [0.25, 0.3) is 5.56 Å². The molecule has 3 aromatic rings. The Labute approximate surface area is 151 Å². The SMILES string of the molecule is CC#CCn1c(N2CCNCC2)nc2c(-c3ccccc3)n[nH]c(=O)c21. The quantitative estimate of drug-likeness (QED) is 0.696. The number of nitrogens with zero attached hydrogens (tertiary/aromatic N) is 4. The Morgan fingerprint density at radius 2 is 1.96 bits per heavy atom. The van der Waals surface area contributed by atoms with E-state index >= 15 is 0 Å². The maximum atomic E-state index is 12.6. The first kappa shape index (κ1) is 16.4. The lowest BCUT2D eigenvalue weighted by molar-refractivity contribution is 0.573. The number of benzene rings is 1. The second-order valence-electron chi connectivity index (χ2n) is 6.13. The van der Waals surface area contributed by atoms with Gasteiger partial charge in [0.1, 0.15) is 16.7 Å². The summed E-state index contributed by atoms with van der Waals surface area (Å²) in [6, 6.07) is 9.79. The molecule has 0 spiro atoms. The molecule has 1 saturated heterocycles. The molecule has 0 atom stereocenters. The van der Waals surface area contributed by atoms with Crippen molar-refractivity contribution in [2.45, 2.75) is 13.5 Å². The molecular formula is C19H20N6O. The molecule has 1 fully saturated rings.